The molecule has 0 radical (unpaired) electrons. The summed E-state index contributed by atoms with van der Waals surface area (Å²) in [6.45, 7) is 0. The van der Waals surface area contributed by atoms with Gasteiger partial charge in [-0.2, -0.15) is 9.94 Å². The number of hydrogen-bond acceptors (Lipinski definition) is 6. The Kier molecular flexibility index (Phi) is 2.92. The second-order valence-electron chi connectivity index (χ2n) is 4.49. The molecule has 1 aromatic heterocycles. The molecule has 2 heterocycles. The summed E-state index contributed by atoms with van der Waals surface area (Å²) in [5.74, 6) is 1.02. The average Bonchev–Trinajstić information content (AvgIpc) is 2.92. The van der Waals surface area contributed by atoms with E-state index in [-0.39, 0.29) is 17.7 Å². The Hall–Kier alpha value is -3.14. The van der Waals surface area contributed by atoms with Crippen molar-refractivity contribution in [1.29, 1.82) is 5.26 Å². The van der Waals surface area contributed by atoms with E-state index in [1.165, 1.54) is 0 Å². The summed E-state index contributed by atoms with van der Waals surface area (Å²) in [6, 6.07) is 8.97. The fourth-order valence-electron chi connectivity index (χ4n) is 2.11. The lowest BCUT2D eigenvalue weighted by Gasteiger charge is -2.11. The Bertz CT molecular complexity index is 796. The molecule has 1 aliphatic rings. The SMILES string of the molecule is COc1ccc(-c2nc3n(n2)C(=O)C(C#N)=C(N)C3)cc1. The van der Waals surface area contributed by atoms with Gasteiger partial charge >= 0.3 is 0 Å². The Morgan fingerprint density at radius 1 is 1.38 bits per heavy atom. The number of nitrogens with two attached hydrogens (primary N) is 1. The van der Waals surface area contributed by atoms with Crippen LogP contribution in [0.3, 0.4) is 0 Å². The van der Waals surface area contributed by atoms with Crippen LogP contribution >= 0.6 is 0 Å². The van der Waals surface area contributed by atoms with E-state index in [1.807, 2.05) is 6.07 Å². The zero-order chi connectivity index (χ0) is 15.0. The van der Waals surface area contributed by atoms with E-state index >= 15 is 0 Å². The van der Waals surface area contributed by atoms with Gasteiger partial charge in [0.2, 0.25) is 0 Å². The molecule has 1 aliphatic heterocycles. The molecule has 0 fully saturated rings. The van der Waals surface area contributed by atoms with Crippen molar-refractivity contribution in [2.75, 3.05) is 7.11 Å². The van der Waals surface area contributed by atoms with Crippen molar-refractivity contribution in [2.24, 2.45) is 5.73 Å². The molecule has 0 bridgehead atoms. The molecule has 0 aliphatic carbocycles. The molecule has 0 unspecified atom stereocenters. The summed E-state index contributed by atoms with van der Waals surface area (Å²) < 4.78 is 6.22. The van der Waals surface area contributed by atoms with E-state index in [0.717, 1.165) is 16.0 Å². The third-order valence-corrected chi connectivity index (χ3v) is 3.21. The number of ether oxygens (including phenoxy) is 1. The molecule has 0 saturated heterocycles. The van der Waals surface area contributed by atoms with Crippen LogP contribution in [0, 0.1) is 11.3 Å². The quantitative estimate of drug-likeness (QED) is 0.875. The van der Waals surface area contributed by atoms with Crippen LogP contribution in [0.4, 0.5) is 0 Å². The third kappa shape index (κ3) is 2.03. The maximum Gasteiger partial charge on any atom is 0.292 e. The molecule has 2 N–H and O–H groups in total. The molecule has 7 heteroatoms. The van der Waals surface area contributed by atoms with Crippen LogP contribution in [0.2, 0.25) is 0 Å². The fraction of sp³-hybridized carbons (Fsp3) is 0.143. The van der Waals surface area contributed by atoms with Gasteiger partial charge in [-0.05, 0) is 24.3 Å². The smallest absolute Gasteiger partial charge is 0.292 e. The van der Waals surface area contributed by atoms with E-state index in [9.17, 15) is 4.79 Å². The number of fused-ring (bicyclic) bond motifs is 1. The molecular weight excluding hydrogens is 270 g/mol. The van der Waals surface area contributed by atoms with Crippen molar-refractivity contribution in [3.63, 3.8) is 0 Å². The lowest BCUT2D eigenvalue weighted by molar-refractivity contribution is 0.0935. The zero-order valence-corrected chi connectivity index (χ0v) is 11.2. The van der Waals surface area contributed by atoms with Crippen molar-refractivity contribution < 1.29 is 9.53 Å². The minimum atomic E-state index is -0.538. The highest BCUT2D eigenvalue weighted by Crippen LogP contribution is 2.23. The van der Waals surface area contributed by atoms with E-state index in [4.69, 9.17) is 15.7 Å². The van der Waals surface area contributed by atoms with Gasteiger partial charge < -0.3 is 10.5 Å². The number of allylic oxidation sites excluding steroid dienone is 2. The molecule has 0 saturated carbocycles. The Labute approximate surface area is 120 Å². The minimum Gasteiger partial charge on any atom is -0.497 e. The number of nitriles is 1. The van der Waals surface area contributed by atoms with Crippen molar-refractivity contribution in [1.82, 2.24) is 14.8 Å². The highest BCUT2D eigenvalue weighted by atomic mass is 16.5. The van der Waals surface area contributed by atoms with Crippen LogP contribution in [0.5, 0.6) is 5.75 Å². The third-order valence-electron chi connectivity index (χ3n) is 3.21. The van der Waals surface area contributed by atoms with Crippen LogP contribution in [0.25, 0.3) is 11.4 Å². The number of nitrogens with zero attached hydrogens (tertiary/aromatic N) is 4. The number of aromatic nitrogens is 3. The maximum atomic E-state index is 12.1. The van der Waals surface area contributed by atoms with Crippen molar-refractivity contribution >= 4 is 5.91 Å². The number of benzene rings is 1. The summed E-state index contributed by atoms with van der Waals surface area (Å²) in [4.78, 5) is 16.4. The van der Waals surface area contributed by atoms with Crippen molar-refractivity contribution in [3.05, 3.63) is 41.4 Å². The van der Waals surface area contributed by atoms with Crippen molar-refractivity contribution in [3.8, 4) is 23.2 Å². The molecule has 0 spiro atoms. The fourth-order valence-corrected chi connectivity index (χ4v) is 2.11. The second-order valence-corrected chi connectivity index (χ2v) is 4.49. The standard InChI is InChI=1S/C14H11N5O2/c1-21-9-4-2-8(3-5-9)13-17-12-6-11(16)10(7-15)14(20)19(12)18-13/h2-5H,6,16H2,1H3. The molecule has 1 aromatic carbocycles. The zero-order valence-electron chi connectivity index (χ0n) is 11.2. The van der Waals surface area contributed by atoms with Gasteiger partial charge in [0, 0.05) is 17.7 Å². The Morgan fingerprint density at radius 2 is 2.10 bits per heavy atom. The van der Waals surface area contributed by atoms with Gasteiger partial charge in [0.25, 0.3) is 5.91 Å². The van der Waals surface area contributed by atoms with E-state index in [2.05, 4.69) is 10.1 Å². The average molecular weight is 281 g/mol. The molecule has 3 rings (SSSR count). The van der Waals surface area contributed by atoms with Gasteiger partial charge in [0.1, 0.15) is 23.2 Å². The lowest BCUT2D eigenvalue weighted by atomic mass is 10.1. The predicted octanol–water partition coefficient (Wildman–Crippen LogP) is 0.886. The molecule has 0 atom stereocenters. The normalized spacial score (nSPS) is 13.8. The lowest BCUT2D eigenvalue weighted by Crippen LogP contribution is -2.27. The Balaban J connectivity index is 2.01. The molecule has 2 aromatic rings. The Morgan fingerprint density at radius 3 is 2.71 bits per heavy atom. The largest absolute Gasteiger partial charge is 0.497 e. The number of carbonyl (C=O) groups is 1. The van der Waals surface area contributed by atoms with Gasteiger partial charge in [-0.3, -0.25) is 4.79 Å². The van der Waals surface area contributed by atoms with Crippen LogP contribution in [0.15, 0.2) is 35.5 Å². The van der Waals surface area contributed by atoms with Gasteiger partial charge in [0.05, 0.1) is 7.11 Å². The number of rotatable bonds is 2. The van der Waals surface area contributed by atoms with Crippen LogP contribution in [0.1, 0.15) is 10.6 Å². The second kappa shape index (κ2) is 4.76. The number of methoxy groups -OCH3 is 1. The van der Waals surface area contributed by atoms with E-state index in [1.54, 1.807) is 31.4 Å². The molecule has 7 nitrogen and oxygen atoms in total. The van der Waals surface area contributed by atoms with Crippen LogP contribution in [-0.2, 0) is 6.42 Å². The first-order valence-electron chi connectivity index (χ1n) is 6.18. The van der Waals surface area contributed by atoms with Gasteiger partial charge in [0.15, 0.2) is 5.82 Å². The summed E-state index contributed by atoms with van der Waals surface area (Å²) in [7, 11) is 1.58. The van der Waals surface area contributed by atoms with Gasteiger partial charge in [-0.15, -0.1) is 5.10 Å². The monoisotopic (exact) mass is 281 g/mol. The van der Waals surface area contributed by atoms with Crippen LogP contribution in [-0.4, -0.2) is 27.8 Å². The van der Waals surface area contributed by atoms with E-state index in [0.29, 0.717) is 11.6 Å². The van der Waals surface area contributed by atoms with Crippen molar-refractivity contribution in [2.45, 2.75) is 6.42 Å². The molecular formula is C14H11N5O2. The molecule has 0 amide bonds. The first kappa shape index (κ1) is 12.9. The van der Waals surface area contributed by atoms with Crippen LogP contribution < -0.4 is 10.5 Å². The predicted molar refractivity (Wildman–Crippen MR) is 73.2 cm³/mol. The first-order chi connectivity index (χ1) is 10.1. The summed E-state index contributed by atoms with van der Waals surface area (Å²) in [6.07, 6.45) is 0.234. The summed E-state index contributed by atoms with van der Waals surface area (Å²) in [5.41, 5.74) is 6.62. The maximum absolute atomic E-state index is 12.1. The summed E-state index contributed by atoms with van der Waals surface area (Å²) >= 11 is 0. The van der Waals surface area contributed by atoms with Gasteiger partial charge in [-0.1, -0.05) is 0 Å². The highest BCUT2D eigenvalue weighted by molar-refractivity contribution is 6.00. The first-order valence-corrected chi connectivity index (χ1v) is 6.18. The highest BCUT2D eigenvalue weighted by Gasteiger charge is 2.27. The van der Waals surface area contributed by atoms with E-state index < -0.39 is 5.91 Å². The number of hydrogen-bond donors (Lipinski definition) is 1. The minimum absolute atomic E-state index is 0.0753. The molecule has 21 heavy (non-hydrogen) atoms. The number of carbonyl (C=O) groups excluding carboxylic acids is 1. The topological polar surface area (TPSA) is 107 Å². The summed E-state index contributed by atoms with van der Waals surface area (Å²) in [5, 5.41) is 13.1. The molecule has 104 valence electrons. The van der Waals surface area contributed by atoms with Gasteiger partial charge in [-0.25, -0.2) is 4.98 Å².